The van der Waals surface area contributed by atoms with E-state index in [2.05, 4.69) is 21.2 Å². The van der Waals surface area contributed by atoms with Crippen LogP contribution in [0.5, 0.6) is 0 Å². The topological polar surface area (TPSA) is 49.4 Å². The molecule has 0 saturated heterocycles. The number of thioether (sulfide) groups is 1. The number of rotatable bonds is 11. The zero-order valence-corrected chi connectivity index (χ0v) is 24.6. The molecule has 2 amide bonds. The lowest BCUT2D eigenvalue weighted by Crippen LogP contribution is -2.52. The second-order valence-electron chi connectivity index (χ2n) is 9.75. The van der Waals surface area contributed by atoms with Crippen LogP contribution in [-0.4, -0.2) is 34.6 Å². The summed E-state index contributed by atoms with van der Waals surface area (Å²) in [6.45, 7) is 0.382. The number of hydrogen-bond donors (Lipinski definition) is 1. The average molecular weight is 614 g/mol. The van der Waals surface area contributed by atoms with Gasteiger partial charge in [-0.2, -0.15) is 0 Å². The van der Waals surface area contributed by atoms with Gasteiger partial charge in [-0.15, -0.1) is 11.8 Å². The van der Waals surface area contributed by atoms with Gasteiger partial charge in [-0.05, 0) is 60.4 Å². The number of carbonyl (C=O) groups is 2. The smallest absolute Gasteiger partial charge is 0.243 e. The van der Waals surface area contributed by atoms with Gasteiger partial charge in [0, 0.05) is 45.6 Å². The summed E-state index contributed by atoms with van der Waals surface area (Å²) in [6, 6.07) is 25.2. The maximum Gasteiger partial charge on any atom is 0.243 e. The van der Waals surface area contributed by atoms with Crippen LogP contribution in [0.1, 0.15) is 49.7 Å². The predicted octanol–water partition coefficient (Wildman–Crippen LogP) is 7.67. The summed E-state index contributed by atoms with van der Waals surface area (Å²) in [5.41, 5.74) is 2.04. The molecule has 0 aromatic heterocycles. The first-order chi connectivity index (χ1) is 18.5. The molecule has 3 aromatic carbocycles. The summed E-state index contributed by atoms with van der Waals surface area (Å²) < 4.78 is 0.981. The highest BCUT2D eigenvalue weighted by molar-refractivity contribution is 9.10. The highest BCUT2D eigenvalue weighted by Crippen LogP contribution is 2.24. The Balaban J connectivity index is 1.55. The molecule has 3 aromatic rings. The van der Waals surface area contributed by atoms with Crippen LogP contribution in [0.4, 0.5) is 0 Å². The summed E-state index contributed by atoms with van der Waals surface area (Å²) in [5.74, 6) is 0.547. The van der Waals surface area contributed by atoms with E-state index in [1.54, 1.807) is 16.7 Å². The van der Waals surface area contributed by atoms with Crippen LogP contribution in [0, 0.1) is 0 Å². The third-order valence-corrected chi connectivity index (χ3v) is 8.68. The molecular weight excluding hydrogens is 580 g/mol. The molecule has 1 aliphatic rings. The van der Waals surface area contributed by atoms with Crippen molar-refractivity contribution in [2.24, 2.45) is 0 Å². The Kier molecular flexibility index (Phi) is 11.2. The SMILES string of the molecule is O=C(NC1CCCCC1)C(Cc1ccccc1)N(Cc1ccc(Br)cc1)C(=O)CCSc1ccc(Cl)cc1. The van der Waals surface area contributed by atoms with Crippen LogP contribution in [0.3, 0.4) is 0 Å². The predicted molar refractivity (Wildman–Crippen MR) is 160 cm³/mol. The molecular formula is C31H34BrClN2O2S. The molecule has 1 N–H and O–H groups in total. The number of benzene rings is 3. The van der Waals surface area contributed by atoms with Crippen molar-refractivity contribution in [3.8, 4) is 0 Å². The summed E-state index contributed by atoms with van der Waals surface area (Å²) in [5, 5.41) is 3.99. The molecule has 0 radical (unpaired) electrons. The Morgan fingerprint density at radius 1 is 0.921 bits per heavy atom. The summed E-state index contributed by atoms with van der Waals surface area (Å²) >= 11 is 11.1. The van der Waals surface area contributed by atoms with Gasteiger partial charge in [-0.25, -0.2) is 0 Å². The Morgan fingerprint density at radius 3 is 2.29 bits per heavy atom. The first-order valence-electron chi connectivity index (χ1n) is 13.2. The van der Waals surface area contributed by atoms with Crippen LogP contribution in [-0.2, 0) is 22.6 Å². The fraction of sp³-hybridized carbons (Fsp3) is 0.355. The molecule has 1 unspecified atom stereocenters. The minimum absolute atomic E-state index is 0.0193. The maximum absolute atomic E-state index is 13.8. The Bertz CT molecular complexity index is 1170. The van der Waals surface area contributed by atoms with Crippen molar-refractivity contribution in [3.63, 3.8) is 0 Å². The van der Waals surface area contributed by atoms with Gasteiger partial charge >= 0.3 is 0 Å². The Morgan fingerprint density at radius 2 is 1.61 bits per heavy atom. The van der Waals surface area contributed by atoms with Crippen molar-refractivity contribution in [2.75, 3.05) is 5.75 Å². The van der Waals surface area contributed by atoms with Gasteiger partial charge in [0.25, 0.3) is 0 Å². The molecule has 1 atom stereocenters. The van der Waals surface area contributed by atoms with Crippen LogP contribution in [0.25, 0.3) is 0 Å². The minimum atomic E-state index is -0.587. The molecule has 0 bridgehead atoms. The van der Waals surface area contributed by atoms with E-state index in [1.807, 2.05) is 78.9 Å². The van der Waals surface area contributed by atoms with Gasteiger partial charge in [0.1, 0.15) is 6.04 Å². The van der Waals surface area contributed by atoms with E-state index in [4.69, 9.17) is 11.6 Å². The summed E-state index contributed by atoms with van der Waals surface area (Å²) in [4.78, 5) is 30.4. The van der Waals surface area contributed by atoms with Gasteiger partial charge in [0.15, 0.2) is 0 Å². The third-order valence-electron chi connectivity index (χ3n) is 6.89. The van der Waals surface area contributed by atoms with Crippen molar-refractivity contribution >= 4 is 51.1 Å². The van der Waals surface area contributed by atoms with Crippen LogP contribution >= 0.6 is 39.3 Å². The van der Waals surface area contributed by atoms with E-state index in [9.17, 15) is 9.59 Å². The van der Waals surface area contributed by atoms with E-state index in [0.29, 0.717) is 30.2 Å². The van der Waals surface area contributed by atoms with Gasteiger partial charge in [0.2, 0.25) is 11.8 Å². The normalized spacial score (nSPS) is 14.6. The van der Waals surface area contributed by atoms with E-state index < -0.39 is 6.04 Å². The average Bonchev–Trinajstić information content (AvgIpc) is 2.94. The molecule has 4 rings (SSSR count). The standard InChI is InChI=1S/C31H34BrClN2O2S/c32-25-13-11-24(12-14-25)22-35(30(36)19-20-38-28-17-15-26(33)16-18-28)29(21-23-7-3-1-4-8-23)31(37)34-27-9-5-2-6-10-27/h1,3-4,7-8,11-18,27,29H,2,5-6,9-10,19-22H2,(H,34,37). The molecule has 0 spiro atoms. The minimum Gasteiger partial charge on any atom is -0.352 e. The summed E-state index contributed by atoms with van der Waals surface area (Å²) in [7, 11) is 0. The molecule has 200 valence electrons. The fourth-order valence-electron chi connectivity index (χ4n) is 4.82. The number of halogens is 2. The number of hydrogen-bond acceptors (Lipinski definition) is 3. The molecule has 7 heteroatoms. The van der Waals surface area contributed by atoms with Crippen LogP contribution in [0.2, 0.25) is 5.02 Å². The molecule has 4 nitrogen and oxygen atoms in total. The van der Waals surface area contributed by atoms with E-state index >= 15 is 0 Å². The maximum atomic E-state index is 13.8. The molecule has 38 heavy (non-hydrogen) atoms. The van der Waals surface area contributed by atoms with Gasteiger partial charge < -0.3 is 10.2 Å². The molecule has 0 heterocycles. The highest BCUT2D eigenvalue weighted by Gasteiger charge is 2.31. The van der Waals surface area contributed by atoms with E-state index in [1.165, 1.54) is 6.42 Å². The van der Waals surface area contributed by atoms with Gasteiger partial charge in [0.05, 0.1) is 0 Å². The third kappa shape index (κ3) is 8.89. The van der Waals surface area contributed by atoms with Crippen molar-refractivity contribution in [3.05, 3.63) is 99.5 Å². The lowest BCUT2D eigenvalue weighted by Gasteiger charge is -2.33. The number of nitrogens with one attached hydrogen (secondary N) is 1. The van der Waals surface area contributed by atoms with E-state index in [-0.39, 0.29) is 17.9 Å². The fourth-order valence-corrected chi connectivity index (χ4v) is 6.05. The van der Waals surface area contributed by atoms with Crippen molar-refractivity contribution < 1.29 is 9.59 Å². The van der Waals surface area contributed by atoms with Crippen LogP contribution < -0.4 is 5.32 Å². The van der Waals surface area contributed by atoms with E-state index in [0.717, 1.165) is 46.2 Å². The number of amides is 2. The van der Waals surface area contributed by atoms with Crippen LogP contribution in [0.15, 0.2) is 88.2 Å². The first-order valence-corrected chi connectivity index (χ1v) is 15.4. The lowest BCUT2D eigenvalue weighted by molar-refractivity contribution is -0.141. The number of carbonyl (C=O) groups excluding carboxylic acids is 2. The van der Waals surface area contributed by atoms with Crippen molar-refractivity contribution in [1.29, 1.82) is 0 Å². The Labute approximate surface area is 243 Å². The zero-order valence-electron chi connectivity index (χ0n) is 21.5. The Hall–Kier alpha value is -2.28. The molecule has 1 saturated carbocycles. The van der Waals surface area contributed by atoms with Gasteiger partial charge in [-0.1, -0.05) is 89.3 Å². The second-order valence-corrected chi connectivity index (χ2v) is 12.3. The first kappa shape index (κ1) is 28.7. The summed E-state index contributed by atoms with van der Waals surface area (Å²) in [6.07, 6.45) is 6.32. The quantitative estimate of drug-likeness (QED) is 0.226. The second kappa shape index (κ2) is 14.8. The largest absolute Gasteiger partial charge is 0.352 e. The van der Waals surface area contributed by atoms with Crippen molar-refractivity contribution in [2.45, 2.75) is 68.5 Å². The van der Waals surface area contributed by atoms with Crippen molar-refractivity contribution in [1.82, 2.24) is 10.2 Å². The monoisotopic (exact) mass is 612 g/mol. The zero-order chi connectivity index (χ0) is 26.7. The molecule has 1 aliphatic carbocycles. The lowest BCUT2D eigenvalue weighted by atomic mass is 9.94. The number of nitrogens with zero attached hydrogens (tertiary/aromatic N) is 1. The highest BCUT2D eigenvalue weighted by atomic mass is 79.9. The van der Waals surface area contributed by atoms with Gasteiger partial charge in [-0.3, -0.25) is 9.59 Å². The molecule has 1 fully saturated rings. The molecule has 0 aliphatic heterocycles.